The minimum atomic E-state index is 0.0160. The van der Waals surface area contributed by atoms with Gasteiger partial charge in [0.2, 0.25) is 0 Å². The molecular weight excluding hydrogens is 256 g/mol. The molecule has 0 radical (unpaired) electrons. The highest BCUT2D eigenvalue weighted by Gasteiger charge is 2.10. The highest BCUT2D eigenvalue weighted by Crippen LogP contribution is 2.23. The second kappa shape index (κ2) is 5.91. The number of halogens is 1. The average Bonchev–Trinajstić information content (AvgIpc) is 2.22. The Labute approximate surface area is 98.4 Å². The third-order valence-electron chi connectivity index (χ3n) is 2.27. The number of carbonyl (C=O) groups is 1. The molecule has 1 N–H and O–H groups in total. The van der Waals surface area contributed by atoms with Gasteiger partial charge in [-0.3, -0.25) is 4.79 Å². The normalized spacial score (nSPS) is 10.3. The molecule has 0 spiro atoms. The van der Waals surface area contributed by atoms with E-state index in [1.807, 2.05) is 0 Å². The van der Waals surface area contributed by atoms with Crippen LogP contribution in [0.25, 0.3) is 0 Å². The van der Waals surface area contributed by atoms with E-state index in [1.54, 1.807) is 12.1 Å². The van der Waals surface area contributed by atoms with Gasteiger partial charge in [0.05, 0.1) is 5.56 Å². The van der Waals surface area contributed by atoms with Crippen LogP contribution in [0, 0.1) is 0 Å². The number of phenols is 1. The molecule has 0 unspecified atom stereocenters. The quantitative estimate of drug-likeness (QED) is 0.651. The van der Waals surface area contributed by atoms with Gasteiger partial charge in [0.1, 0.15) is 5.75 Å². The first kappa shape index (κ1) is 12.2. The Hall–Kier alpha value is -0.830. The Morgan fingerprint density at radius 3 is 2.80 bits per heavy atom. The van der Waals surface area contributed by atoms with Crippen LogP contribution in [-0.2, 0) is 0 Å². The van der Waals surface area contributed by atoms with Gasteiger partial charge in [0.25, 0.3) is 0 Å². The van der Waals surface area contributed by atoms with Crippen molar-refractivity contribution in [3.63, 3.8) is 0 Å². The lowest BCUT2D eigenvalue weighted by molar-refractivity contribution is 0.0976. The maximum absolute atomic E-state index is 11.7. The van der Waals surface area contributed by atoms with E-state index in [2.05, 4.69) is 22.9 Å². The molecule has 0 heterocycles. The van der Waals surface area contributed by atoms with Crippen LogP contribution < -0.4 is 0 Å². The topological polar surface area (TPSA) is 37.3 Å². The monoisotopic (exact) mass is 270 g/mol. The number of rotatable bonds is 5. The van der Waals surface area contributed by atoms with Crippen molar-refractivity contribution in [1.29, 1.82) is 0 Å². The van der Waals surface area contributed by atoms with E-state index >= 15 is 0 Å². The largest absolute Gasteiger partial charge is 0.507 e. The molecule has 0 aliphatic heterocycles. The van der Waals surface area contributed by atoms with E-state index in [9.17, 15) is 9.90 Å². The first-order valence-corrected chi connectivity index (χ1v) is 5.96. The highest BCUT2D eigenvalue weighted by molar-refractivity contribution is 9.10. The van der Waals surface area contributed by atoms with Crippen molar-refractivity contribution in [3.8, 4) is 5.75 Å². The van der Waals surface area contributed by atoms with Crippen LogP contribution in [0.3, 0.4) is 0 Å². The summed E-state index contributed by atoms with van der Waals surface area (Å²) >= 11 is 3.28. The van der Waals surface area contributed by atoms with Crippen LogP contribution in [-0.4, -0.2) is 10.9 Å². The molecule has 82 valence electrons. The second-order valence-corrected chi connectivity index (χ2v) is 4.46. The molecule has 1 aromatic carbocycles. The molecule has 0 saturated carbocycles. The zero-order valence-corrected chi connectivity index (χ0v) is 10.4. The molecule has 0 saturated heterocycles. The molecule has 0 amide bonds. The molecular formula is C12H15BrO2. The predicted molar refractivity (Wildman–Crippen MR) is 64.3 cm³/mol. The van der Waals surface area contributed by atoms with E-state index in [0.29, 0.717) is 12.0 Å². The van der Waals surface area contributed by atoms with Crippen LogP contribution in [0.1, 0.15) is 43.0 Å². The molecule has 1 rings (SSSR count). The van der Waals surface area contributed by atoms with Gasteiger partial charge in [-0.25, -0.2) is 0 Å². The van der Waals surface area contributed by atoms with E-state index in [1.165, 1.54) is 6.07 Å². The van der Waals surface area contributed by atoms with E-state index in [0.717, 1.165) is 23.7 Å². The van der Waals surface area contributed by atoms with Gasteiger partial charge in [-0.05, 0) is 24.6 Å². The first-order valence-electron chi connectivity index (χ1n) is 5.17. The standard InChI is InChI=1S/C12H15BrO2/c1-2-3-4-5-11(14)10-8-9(13)6-7-12(10)15/h6-8,15H,2-5H2,1H3. The molecule has 2 nitrogen and oxygen atoms in total. The number of hydrogen-bond acceptors (Lipinski definition) is 2. The van der Waals surface area contributed by atoms with Gasteiger partial charge in [0.15, 0.2) is 5.78 Å². The van der Waals surface area contributed by atoms with Crippen molar-refractivity contribution in [1.82, 2.24) is 0 Å². The number of hydrogen-bond donors (Lipinski definition) is 1. The van der Waals surface area contributed by atoms with Gasteiger partial charge in [-0.2, -0.15) is 0 Å². The summed E-state index contributed by atoms with van der Waals surface area (Å²) < 4.78 is 0.819. The van der Waals surface area contributed by atoms with E-state index in [4.69, 9.17) is 0 Å². The molecule has 0 aliphatic carbocycles. The fourth-order valence-electron chi connectivity index (χ4n) is 1.40. The van der Waals surface area contributed by atoms with Crippen LogP contribution >= 0.6 is 15.9 Å². The zero-order chi connectivity index (χ0) is 11.3. The van der Waals surface area contributed by atoms with Crippen LogP contribution in [0.15, 0.2) is 22.7 Å². The lowest BCUT2D eigenvalue weighted by atomic mass is 10.0. The minimum Gasteiger partial charge on any atom is -0.507 e. The third-order valence-corrected chi connectivity index (χ3v) is 2.76. The second-order valence-electron chi connectivity index (χ2n) is 3.54. The summed E-state index contributed by atoms with van der Waals surface area (Å²) in [5.41, 5.74) is 0.417. The predicted octanol–water partition coefficient (Wildman–Crippen LogP) is 3.92. The summed E-state index contributed by atoms with van der Waals surface area (Å²) in [7, 11) is 0. The van der Waals surface area contributed by atoms with Gasteiger partial charge in [-0.1, -0.05) is 35.7 Å². The fourth-order valence-corrected chi connectivity index (χ4v) is 1.76. The number of Topliss-reactive ketones (excluding diaryl/α,β-unsaturated/α-hetero) is 1. The number of ketones is 1. The molecule has 0 bridgehead atoms. The molecule has 15 heavy (non-hydrogen) atoms. The van der Waals surface area contributed by atoms with Gasteiger partial charge in [0, 0.05) is 10.9 Å². The molecule has 0 aromatic heterocycles. The number of phenolic OH excluding ortho intramolecular Hbond substituents is 1. The first-order chi connectivity index (χ1) is 7.15. The van der Waals surface area contributed by atoms with Crippen molar-refractivity contribution in [2.75, 3.05) is 0 Å². The zero-order valence-electron chi connectivity index (χ0n) is 8.79. The minimum absolute atomic E-state index is 0.0160. The Morgan fingerprint density at radius 2 is 2.13 bits per heavy atom. The lowest BCUT2D eigenvalue weighted by Gasteiger charge is -2.04. The van der Waals surface area contributed by atoms with Crippen LogP contribution in [0.5, 0.6) is 5.75 Å². The SMILES string of the molecule is CCCCCC(=O)c1cc(Br)ccc1O. The summed E-state index contributed by atoms with van der Waals surface area (Å²) in [6.07, 6.45) is 3.55. The fraction of sp³-hybridized carbons (Fsp3) is 0.417. The number of aromatic hydroxyl groups is 1. The lowest BCUT2D eigenvalue weighted by Crippen LogP contribution is -1.99. The van der Waals surface area contributed by atoms with Crippen molar-refractivity contribution < 1.29 is 9.90 Å². The number of carbonyl (C=O) groups excluding carboxylic acids is 1. The summed E-state index contributed by atoms with van der Waals surface area (Å²) in [5, 5.41) is 9.52. The van der Waals surface area contributed by atoms with Crippen LogP contribution in [0.2, 0.25) is 0 Å². The van der Waals surface area contributed by atoms with Crippen molar-refractivity contribution in [3.05, 3.63) is 28.2 Å². The maximum Gasteiger partial charge on any atom is 0.166 e. The van der Waals surface area contributed by atoms with Gasteiger partial charge < -0.3 is 5.11 Å². The maximum atomic E-state index is 11.7. The Kier molecular flexibility index (Phi) is 4.82. The third kappa shape index (κ3) is 3.67. The summed E-state index contributed by atoms with van der Waals surface area (Å²) in [5.74, 6) is 0.0851. The van der Waals surface area contributed by atoms with Crippen LogP contribution in [0.4, 0.5) is 0 Å². The van der Waals surface area contributed by atoms with Gasteiger partial charge >= 0.3 is 0 Å². The van der Waals surface area contributed by atoms with Gasteiger partial charge in [-0.15, -0.1) is 0 Å². The Balaban J connectivity index is 2.68. The van der Waals surface area contributed by atoms with E-state index < -0.39 is 0 Å². The molecule has 0 aliphatic rings. The summed E-state index contributed by atoms with van der Waals surface area (Å²) in [6, 6.07) is 4.93. The number of unbranched alkanes of at least 4 members (excludes halogenated alkanes) is 2. The number of benzene rings is 1. The summed E-state index contributed by atoms with van der Waals surface area (Å²) in [4.78, 5) is 11.7. The Bertz CT molecular complexity index is 347. The highest BCUT2D eigenvalue weighted by atomic mass is 79.9. The molecule has 0 atom stereocenters. The Morgan fingerprint density at radius 1 is 1.40 bits per heavy atom. The van der Waals surface area contributed by atoms with Crippen molar-refractivity contribution in [2.45, 2.75) is 32.6 Å². The average molecular weight is 271 g/mol. The smallest absolute Gasteiger partial charge is 0.166 e. The van der Waals surface area contributed by atoms with E-state index in [-0.39, 0.29) is 11.5 Å². The van der Waals surface area contributed by atoms with Crippen molar-refractivity contribution in [2.24, 2.45) is 0 Å². The summed E-state index contributed by atoms with van der Waals surface area (Å²) in [6.45, 7) is 2.10. The molecule has 0 fully saturated rings. The molecule has 1 aromatic rings. The van der Waals surface area contributed by atoms with Crippen molar-refractivity contribution >= 4 is 21.7 Å². The molecule has 3 heteroatoms.